The summed E-state index contributed by atoms with van der Waals surface area (Å²) in [5.41, 5.74) is 2.01. The molecule has 3 aromatic rings. The lowest BCUT2D eigenvalue weighted by Crippen LogP contribution is -2.36. The Kier molecular flexibility index (Phi) is 7.10. The highest BCUT2D eigenvalue weighted by molar-refractivity contribution is 6.05. The van der Waals surface area contributed by atoms with E-state index in [1.165, 1.54) is 17.3 Å². The Morgan fingerprint density at radius 1 is 1.06 bits per heavy atom. The number of hydrogen-bond donors (Lipinski definition) is 3. The number of amides is 3. The zero-order chi connectivity index (χ0) is 24.8. The Hall–Kier alpha value is -4.60. The number of carboxylic acid groups (broad SMARTS) is 1. The van der Waals surface area contributed by atoms with Crippen LogP contribution in [-0.2, 0) is 14.4 Å². The molecule has 0 aliphatic carbocycles. The minimum atomic E-state index is -1.06. The average Bonchev–Trinajstić information content (AvgIpc) is 3.26. The van der Waals surface area contributed by atoms with Crippen molar-refractivity contribution in [3.8, 4) is 0 Å². The van der Waals surface area contributed by atoms with Crippen LogP contribution in [0.2, 0.25) is 0 Å². The first kappa shape index (κ1) is 23.6. The number of carboxylic acids is 1. The smallest absolute Gasteiger partial charge is 0.305 e. The summed E-state index contributed by atoms with van der Waals surface area (Å²) in [4.78, 5) is 58.8. The van der Waals surface area contributed by atoms with Crippen LogP contribution in [0, 0.1) is 5.92 Å². The normalized spacial score (nSPS) is 15.9. The molecule has 3 heterocycles. The SMILES string of the molecule is O=C(O)CC(NC(=O)C1CC(=O)N(c2cccc(NC(=O)c3cccnc3)c2)C1)c1cccnc1. The van der Waals surface area contributed by atoms with E-state index in [1.807, 2.05) is 0 Å². The Morgan fingerprint density at radius 3 is 2.51 bits per heavy atom. The van der Waals surface area contributed by atoms with Gasteiger partial charge in [-0.1, -0.05) is 12.1 Å². The van der Waals surface area contributed by atoms with Crippen molar-refractivity contribution >= 4 is 35.1 Å². The zero-order valence-corrected chi connectivity index (χ0v) is 18.6. The molecule has 1 fully saturated rings. The molecule has 10 nitrogen and oxygen atoms in total. The number of benzene rings is 1. The van der Waals surface area contributed by atoms with Crippen LogP contribution in [0.15, 0.2) is 73.3 Å². The van der Waals surface area contributed by atoms with Crippen molar-refractivity contribution < 1.29 is 24.3 Å². The third-order valence-corrected chi connectivity index (χ3v) is 5.62. The van der Waals surface area contributed by atoms with Gasteiger partial charge in [-0.25, -0.2) is 0 Å². The van der Waals surface area contributed by atoms with E-state index in [4.69, 9.17) is 0 Å². The van der Waals surface area contributed by atoms with Crippen LogP contribution in [0.5, 0.6) is 0 Å². The second kappa shape index (κ2) is 10.6. The maximum Gasteiger partial charge on any atom is 0.305 e. The monoisotopic (exact) mass is 473 g/mol. The third-order valence-electron chi connectivity index (χ3n) is 5.62. The molecule has 1 aliphatic heterocycles. The third kappa shape index (κ3) is 5.85. The van der Waals surface area contributed by atoms with Gasteiger partial charge in [0.05, 0.1) is 23.9 Å². The summed E-state index contributed by atoms with van der Waals surface area (Å²) in [6.45, 7) is 0.136. The van der Waals surface area contributed by atoms with Crippen LogP contribution in [0.4, 0.5) is 11.4 Å². The van der Waals surface area contributed by atoms with Crippen LogP contribution in [0.3, 0.4) is 0 Å². The van der Waals surface area contributed by atoms with Crippen LogP contribution < -0.4 is 15.5 Å². The molecule has 178 valence electrons. The molecule has 2 unspecified atom stereocenters. The molecule has 10 heteroatoms. The number of nitrogens with zero attached hydrogens (tertiary/aromatic N) is 3. The second-order valence-electron chi connectivity index (χ2n) is 8.10. The first-order valence-corrected chi connectivity index (χ1v) is 10.9. The number of carbonyl (C=O) groups is 4. The molecule has 0 radical (unpaired) electrons. The van der Waals surface area contributed by atoms with Gasteiger partial charge >= 0.3 is 5.97 Å². The lowest BCUT2D eigenvalue weighted by Gasteiger charge is -2.20. The van der Waals surface area contributed by atoms with Crippen LogP contribution in [0.1, 0.15) is 34.8 Å². The molecule has 0 bridgehead atoms. The van der Waals surface area contributed by atoms with E-state index < -0.39 is 23.8 Å². The quantitative estimate of drug-likeness (QED) is 0.456. The molecule has 35 heavy (non-hydrogen) atoms. The predicted molar refractivity (Wildman–Crippen MR) is 126 cm³/mol. The fraction of sp³-hybridized carbons (Fsp3) is 0.200. The Morgan fingerprint density at radius 2 is 1.83 bits per heavy atom. The highest BCUT2D eigenvalue weighted by Crippen LogP contribution is 2.28. The number of nitrogens with one attached hydrogen (secondary N) is 2. The predicted octanol–water partition coefficient (Wildman–Crippen LogP) is 2.41. The van der Waals surface area contributed by atoms with Gasteiger partial charge in [-0.3, -0.25) is 29.1 Å². The standard InChI is InChI=1S/C25H23N5O5/c31-22-10-18(25(35)29-21(12-23(32)33)16-4-2-8-26-13-16)15-30(22)20-7-1-6-19(11-20)28-24(34)17-5-3-9-27-14-17/h1-9,11,13-14,18,21H,10,12,15H2,(H,28,34)(H,29,35)(H,32,33). The van der Waals surface area contributed by atoms with Crippen molar-refractivity contribution in [2.45, 2.75) is 18.9 Å². The lowest BCUT2D eigenvalue weighted by atomic mass is 10.0. The molecule has 3 N–H and O–H groups in total. The van der Waals surface area contributed by atoms with E-state index in [9.17, 15) is 24.3 Å². The van der Waals surface area contributed by atoms with Crippen LogP contribution in [0.25, 0.3) is 0 Å². The Labute approximate surface area is 201 Å². The topological polar surface area (TPSA) is 142 Å². The molecule has 1 saturated heterocycles. The van der Waals surface area contributed by atoms with E-state index >= 15 is 0 Å². The maximum atomic E-state index is 12.9. The van der Waals surface area contributed by atoms with E-state index in [0.717, 1.165) is 0 Å². The molecule has 2 atom stereocenters. The van der Waals surface area contributed by atoms with Gasteiger partial charge in [-0.15, -0.1) is 0 Å². The number of aliphatic carboxylic acids is 1. The first-order chi connectivity index (χ1) is 16.9. The van der Waals surface area contributed by atoms with E-state index in [2.05, 4.69) is 20.6 Å². The molecular formula is C25H23N5O5. The number of pyridine rings is 2. The van der Waals surface area contributed by atoms with Gasteiger partial charge in [0.25, 0.3) is 5.91 Å². The van der Waals surface area contributed by atoms with Crippen molar-refractivity contribution in [3.05, 3.63) is 84.4 Å². The first-order valence-electron chi connectivity index (χ1n) is 10.9. The minimum Gasteiger partial charge on any atom is -0.481 e. The molecule has 2 aromatic heterocycles. The summed E-state index contributed by atoms with van der Waals surface area (Å²) in [6.07, 6.45) is 5.78. The zero-order valence-electron chi connectivity index (χ0n) is 18.6. The lowest BCUT2D eigenvalue weighted by molar-refractivity contribution is -0.138. The molecule has 0 spiro atoms. The molecule has 3 amide bonds. The number of rotatable bonds is 8. The average molecular weight is 473 g/mol. The van der Waals surface area contributed by atoms with Gasteiger partial charge in [-0.2, -0.15) is 0 Å². The van der Waals surface area contributed by atoms with Crippen molar-refractivity contribution in [2.24, 2.45) is 5.92 Å². The molecule has 4 rings (SSSR count). The highest BCUT2D eigenvalue weighted by Gasteiger charge is 2.36. The van der Waals surface area contributed by atoms with Crippen molar-refractivity contribution in [3.63, 3.8) is 0 Å². The molecular weight excluding hydrogens is 450 g/mol. The van der Waals surface area contributed by atoms with E-state index in [-0.39, 0.29) is 31.2 Å². The fourth-order valence-corrected chi connectivity index (χ4v) is 3.88. The fourth-order valence-electron chi connectivity index (χ4n) is 3.88. The molecule has 1 aliphatic rings. The number of anilines is 2. The Balaban J connectivity index is 1.44. The number of aromatic nitrogens is 2. The van der Waals surface area contributed by atoms with Gasteiger partial charge in [-0.05, 0) is 42.0 Å². The maximum absolute atomic E-state index is 12.9. The van der Waals surface area contributed by atoms with Gasteiger partial charge in [0.15, 0.2) is 0 Å². The van der Waals surface area contributed by atoms with Crippen molar-refractivity contribution in [1.29, 1.82) is 0 Å². The highest BCUT2D eigenvalue weighted by atomic mass is 16.4. The Bertz CT molecular complexity index is 1240. The number of hydrogen-bond acceptors (Lipinski definition) is 6. The largest absolute Gasteiger partial charge is 0.481 e. The summed E-state index contributed by atoms with van der Waals surface area (Å²) < 4.78 is 0. The van der Waals surface area contributed by atoms with Crippen molar-refractivity contribution in [1.82, 2.24) is 15.3 Å². The summed E-state index contributed by atoms with van der Waals surface area (Å²) >= 11 is 0. The minimum absolute atomic E-state index is 0.00899. The van der Waals surface area contributed by atoms with Crippen molar-refractivity contribution in [2.75, 3.05) is 16.8 Å². The van der Waals surface area contributed by atoms with Gasteiger partial charge < -0.3 is 20.6 Å². The summed E-state index contributed by atoms with van der Waals surface area (Å²) in [6, 6.07) is 12.7. The van der Waals surface area contributed by atoms with E-state index in [1.54, 1.807) is 60.9 Å². The summed E-state index contributed by atoms with van der Waals surface area (Å²) in [7, 11) is 0. The van der Waals surface area contributed by atoms with Crippen LogP contribution in [-0.4, -0.2) is 45.3 Å². The van der Waals surface area contributed by atoms with E-state index in [0.29, 0.717) is 22.5 Å². The molecule has 1 aromatic carbocycles. The van der Waals surface area contributed by atoms with Crippen LogP contribution >= 0.6 is 0 Å². The van der Waals surface area contributed by atoms with Gasteiger partial charge in [0.1, 0.15) is 0 Å². The molecule has 0 saturated carbocycles. The second-order valence-corrected chi connectivity index (χ2v) is 8.10. The summed E-state index contributed by atoms with van der Waals surface area (Å²) in [5, 5.41) is 14.8. The summed E-state index contributed by atoms with van der Waals surface area (Å²) in [5.74, 6) is -2.69. The van der Waals surface area contributed by atoms with Gasteiger partial charge in [0, 0.05) is 49.1 Å². The van der Waals surface area contributed by atoms with Gasteiger partial charge in [0.2, 0.25) is 11.8 Å². The number of carbonyl (C=O) groups excluding carboxylic acids is 3.